The zero-order valence-electron chi connectivity index (χ0n) is 16.7. The number of unbranched alkanes of at least 4 members (excludes halogenated alkanes) is 11. The molecule has 0 atom stereocenters. The topological polar surface area (TPSA) is 63.6 Å². The molecule has 0 unspecified atom stereocenters. The summed E-state index contributed by atoms with van der Waals surface area (Å²) in [6.07, 6.45) is 21.2. The Hall–Kier alpha value is -1.32. The molecule has 0 amide bonds. The van der Waals surface area contributed by atoms with E-state index >= 15 is 0 Å². The number of hydrogen-bond acceptors (Lipinski definition) is 3. The van der Waals surface area contributed by atoms with Crippen LogP contribution in [-0.4, -0.2) is 24.2 Å². The highest BCUT2D eigenvalue weighted by molar-refractivity contribution is 5.66. The van der Waals surface area contributed by atoms with Gasteiger partial charge in [-0.15, -0.1) is 0 Å². The first kappa shape index (κ1) is 25.9. The van der Waals surface area contributed by atoms with Gasteiger partial charge in [0, 0.05) is 13.3 Å². The van der Waals surface area contributed by atoms with Gasteiger partial charge in [0.15, 0.2) is 0 Å². The maximum absolute atomic E-state index is 10.3. The largest absolute Gasteiger partial charge is 0.481 e. The van der Waals surface area contributed by atoms with Gasteiger partial charge in [0.1, 0.15) is 0 Å². The van der Waals surface area contributed by atoms with Crippen molar-refractivity contribution in [2.45, 2.75) is 104 Å². The summed E-state index contributed by atoms with van der Waals surface area (Å²) in [4.78, 5) is 19.9. The SMILES string of the molecule is CCCCCCCC/C=C\CCCCCCCC(=O)O.COC(C)=O. The van der Waals surface area contributed by atoms with E-state index in [0.29, 0.717) is 6.42 Å². The Labute approximate surface area is 155 Å². The molecule has 0 aliphatic heterocycles. The van der Waals surface area contributed by atoms with E-state index in [0.717, 1.165) is 12.8 Å². The Bertz CT molecular complexity index is 324. The van der Waals surface area contributed by atoms with E-state index in [9.17, 15) is 9.59 Å². The van der Waals surface area contributed by atoms with Crippen molar-refractivity contribution >= 4 is 11.9 Å². The third-order valence-electron chi connectivity index (χ3n) is 3.94. The van der Waals surface area contributed by atoms with Crippen LogP contribution in [0.4, 0.5) is 0 Å². The van der Waals surface area contributed by atoms with Crippen molar-refractivity contribution in [2.24, 2.45) is 0 Å². The quantitative estimate of drug-likeness (QED) is 0.213. The van der Waals surface area contributed by atoms with Crippen molar-refractivity contribution in [3.63, 3.8) is 0 Å². The van der Waals surface area contributed by atoms with E-state index < -0.39 is 5.97 Å². The summed E-state index contributed by atoms with van der Waals surface area (Å²) in [6, 6.07) is 0. The highest BCUT2D eigenvalue weighted by Crippen LogP contribution is 2.09. The van der Waals surface area contributed by atoms with E-state index in [1.54, 1.807) is 0 Å². The average molecular weight is 357 g/mol. The fraction of sp³-hybridized carbons (Fsp3) is 0.810. The number of carbonyl (C=O) groups excluding carboxylic acids is 1. The molecule has 0 spiro atoms. The molecular formula is C21H40O4. The molecule has 0 aromatic carbocycles. The number of methoxy groups -OCH3 is 1. The Morgan fingerprint density at radius 3 is 1.60 bits per heavy atom. The van der Waals surface area contributed by atoms with Crippen LogP contribution >= 0.6 is 0 Å². The molecule has 0 fully saturated rings. The van der Waals surface area contributed by atoms with Crippen LogP contribution in [0.5, 0.6) is 0 Å². The highest BCUT2D eigenvalue weighted by atomic mass is 16.5. The molecule has 0 heterocycles. The smallest absolute Gasteiger partial charge is 0.303 e. The summed E-state index contributed by atoms with van der Waals surface area (Å²) in [7, 11) is 1.35. The van der Waals surface area contributed by atoms with Gasteiger partial charge in [-0.05, 0) is 32.1 Å². The fourth-order valence-electron chi connectivity index (χ4n) is 2.35. The molecule has 0 saturated carbocycles. The maximum atomic E-state index is 10.3. The van der Waals surface area contributed by atoms with E-state index in [1.807, 2.05) is 0 Å². The van der Waals surface area contributed by atoms with Crippen LogP contribution in [0.15, 0.2) is 12.2 Å². The lowest BCUT2D eigenvalue weighted by Crippen LogP contribution is -1.93. The molecule has 0 rings (SSSR count). The highest BCUT2D eigenvalue weighted by Gasteiger charge is 1.95. The van der Waals surface area contributed by atoms with Crippen LogP contribution in [-0.2, 0) is 14.3 Å². The number of carbonyl (C=O) groups is 2. The van der Waals surface area contributed by atoms with Crippen molar-refractivity contribution in [1.82, 2.24) is 0 Å². The minimum absolute atomic E-state index is 0.245. The average Bonchev–Trinajstić information content (AvgIpc) is 2.58. The van der Waals surface area contributed by atoms with E-state index in [2.05, 4.69) is 23.8 Å². The number of esters is 1. The third kappa shape index (κ3) is 31.0. The summed E-state index contributed by atoms with van der Waals surface area (Å²) in [6.45, 7) is 3.62. The van der Waals surface area contributed by atoms with Gasteiger partial charge in [-0.1, -0.05) is 70.4 Å². The van der Waals surface area contributed by atoms with Crippen LogP contribution < -0.4 is 0 Å². The molecule has 4 heteroatoms. The van der Waals surface area contributed by atoms with Gasteiger partial charge >= 0.3 is 11.9 Å². The number of aliphatic carboxylic acids is 1. The van der Waals surface area contributed by atoms with Crippen molar-refractivity contribution < 1.29 is 19.4 Å². The lowest BCUT2D eigenvalue weighted by atomic mass is 10.1. The standard InChI is InChI=1S/C18H34O2.C3H6O2/c1-2-3-4-5-6-7-8-9-10-11-12-13-14-15-16-17-18(19)20;1-3(4)5-2/h9-10H,2-8,11-17H2,1H3,(H,19,20);1-2H3/b10-9-;. The third-order valence-corrected chi connectivity index (χ3v) is 3.94. The van der Waals surface area contributed by atoms with E-state index in [-0.39, 0.29) is 5.97 Å². The second kappa shape index (κ2) is 22.7. The molecule has 0 radical (unpaired) electrons. The van der Waals surface area contributed by atoms with Crippen molar-refractivity contribution in [1.29, 1.82) is 0 Å². The molecule has 4 nitrogen and oxygen atoms in total. The normalized spacial score (nSPS) is 10.4. The number of allylic oxidation sites excluding steroid dienone is 2. The maximum Gasteiger partial charge on any atom is 0.303 e. The minimum Gasteiger partial charge on any atom is -0.481 e. The molecule has 148 valence electrons. The monoisotopic (exact) mass is 356 g/mol. The summed E-state index contributed by atoms with van der Waals surface area (Å²) < 4.78 is 4.11. The Morgan fingerprint density at radius 2 is 1.20 bits per heavy atom. The number of carboxylic acid groups (broad SMARTS) is 1. The van der Waals surface area contributed by atoms with Crippen LogP contribution in [0.2, 0.25) is 0 Å². The lowest BCUT2D eigenvalue weighted by molar-refractivity contribution is -0.138. The fourth-order valence-corrected chi connectivity index (χ4v) is 2.35. The summed E-state index contributed by atoms with van der Waals surface area (Å²) >= 11 is 0. The van der Waals surface area contributed by atoms with Gasteiger partial charge < -0.3 is 9.84 Å². The summed E-state index contributed by atoms with van der Waals surface area (Å²) in [5.74, 6) is -0.910. The number of ether oxygens (including phenoxy) is 1. The Balaban J connectivity index is 0. The predicted octanol–water partition coefficient (Wildman–Crippen LogP) is 6.29. The van der Waals surface area contributed by atoms with Gasteiger partial charge in [-0.3, -0.25) is 9.59 Å². The van der Waals surface area contributed by atoms with Gasteiger partial charge in [0.2, 0.25) is 0 Å². The Morgan fingerprint density at radius 1 is 0.800 bits per heavy atom. The number of hydrogen-bond donors (Lipinski definition) is 1. The number of carboxylic acids is 1. The second-order valence-corrected chi connectivity index (χ2v) is 6.42. The first-order valence-corrected chi connectivity index (χ1v) is 9.95. The van der Waals surface area contributed by atoms with Crippen molar-refractivity contribution in [3.05, 3.63) is 12.2 Å². The first-order chi connectivity index (χ1) is 12.0. The van der Waals surface area contributed by atoms with Crippen LogP contribution in [0, 0.1) is 0 Å². The summed E-state index contributed by atoms with van der Waals surface area (Å²) in [5, 5.41) is 8.51. The molecule has 0 bridgehead atoms. The molecule has 1 N–H and O–H groups in total. The Kier molecular flexibility index (Phi) is 23.5. The van der Waals surface area contributed by atoms with Crippen LogP contribution in [0.3, 0.4) is 0 Å². The molecule has 0 aromatic rings. The second-order valence-electron chi connectivity index (χ2n) is 6.42. The van der Waals surface area contributed by atoms with Crippen molar-refractivity contribution in [3.8, 4) is 0 Å². The molecule has 0 aromatic heterocycles. The van der Waals surface area contributed by atoms with Crippen LogP contribution in [0.1, 0.15) is 104 Å². The zero-order chi connectivity index (χ0) is 19.2. The molecule has 0 aliphatic carbocycles. The number of rotatable bonds is 15. The van der Waals surface area contributed by atoms with Crippen LogP contribution in [0.25, 0.3) is 0 Å². The zero-order valence-corrected chi connectivity index (χ0v) is 16.7. The first-order valence-electron chi connectivity index (χ1n) is 9.95. The van der Waals surface area contributed by atoms with Gasteiger partial charge in [-0.25, -0.2) is 0 Å². The van der Waals surface area contributed by atoms with Gasteiger partial charge in [-0.2, -0.15) is 0 Å². The van der Waals surface area contributed by atoms with Crippen molar-refractivity contribution in [2.75, 3.05) is 7.11 Å². The molecular weight excluding hydrogens is 316 g/mol. The van der Waals surface area contributed by atoms with Gasteiger partial charge in [0.25, 0.3) is 0 Å². The van der Waals surface area contributed by atoms with E-state index in [1.165, 1.54) is 84.7 Å². The molecule has 25 heavy (non-hydrogen) atoms. The minimum atomic E-state index is -0.664. The lowest BCUT2D eigenvalue weighted by Gasteiger charge is -1.99. The summed E-state index contributed by atoms with van der Waals surface area (Å²) in [5.41, 5.74) is 0. The predicted molar refractivity (Wildman–Crippen MR) is 105 cm³/mol. The molecule has 0 aliphatic rings. The molecule has 0 saturated heterocycles. The van der Waals surface area contributed by atoms with E-state index in [4.69, 9.17) is 5.11 Å². The van der Waals surface area contributed by atoms with Gasteiger partial charge in [0.05, 0.1) is 7.11 Å².